The Balaban J connectivity index is 1.28. The number of amides is 5. The first-order chi connectivity index (χ1) is 15.3. The van der Waals surface area contributed by atoms with Crippen molar-refractivity contribution in [3.63, 3.8) is 0 Å². The van der Waals surface area contributed by atoms with Crippen molar-refractivity contribution in [1.82, 2.24) is 20.0 Å². The van der Waals surface area contributed by atoms with Crippen molar-refractivity contribution in [3.8, 4) is 0 Å². The molecule has 0 bridgehead atoms. The molecule has 1 N–H and O–H groups in total. The number of urea groups is 1. The van der Waals surface area contributed by atoms with Crippen molar-refractivity contribution in [2.45, 2.75) is 77.2 Å². The molecule has 2 aliphatic carbocycles. The molecule has 178 valence electrons. The lowest BCUT2D eigenvalue weighted by atomic mass is 9.71. The fraction of sp³-hybridized carbons (Fsp3) is 0.833. The first kappa shape index (κ1) is 23.1. The summed E-state index contributed by atoms with van der Waals surface area (Å²) in [5.41, 5.74) is -0.849. The second-order valence-corrected chi connectivity index (χ2v) is 10.7. The van der Waals surface area contributed by atoms with Crippen LogP contribution < -0.4 is 5.32 Å². The topological polar surface area (TPSA) is 90.0 Å². The smallest absolute Gasteiger partial charge is 0.325 e. The molecule has 0 aromatic carbocycles. The molecule has 32 heavy (non-hydrogen) atoms. The highest BCUT2D eigenvalue weighted by atomic mass is 16.2. The highest BCUT2D eigenvalue weighted by molar-refractivity contribution is 6.09. The number of carbonyl (C=O) groups is 4. The minimum Gasteiger partial charge on any atom is -0.339 e. The third-order valence-corrected chi connectivity index (χ3v) is 7.91. The second kappa shape index (κ2) is 9.40. The van der Waals surface area contributed by atoms with Crippen LogP contribution in [0.1, 0.15) is 71.6 Å². The van der Waals surface area contributed by atoms with Gasteiger partial charge in [-0.2, -0.15) is 0 Å². The number of hydrogen-bond donors (Lipinski definition) is 1. The lowest BCUT2D eigenvalue weighted by molar-refractivity contribution is -0.143. The van der Waals surface area contributed by atoms with Gasteiger partial charge in [0.15, 0.2) is 0 Å². The van der Waals surface area contributed by atoms with E-state index in [-0.39, 0.29) is 24.3 Å². The van der Waals surface area contributed by atoms with Gasteiger partial charge in [0.05, 0.1) is 0 Å². The summed E-state index contributed by atoms with van der Waals surface area (Å²) in [6, 6.07) is -0.453. The fourth-order valence-corrected chi connectivity index (χ4v) is 6.43. The maximum atomic E-state index is 13.2. The molecular formula is C24H38N4O4. The largest absolute Gasteiger partial charge is 0.339 e. The average molecular weight is 447 g/mol. The van der Waals surface area contributed by atoms with Gasteiger partial charge < -0.3 is 15.1 Å². The van der Waals surface area contributed by atoms with Gasteiger partial charge >= 0.3 is 6.03 Å². The molecule has 0 unspecified atom stereocenters. The van der Waals surface area contributed by atoms with Crippen molar-refractivity contribution < 1.29 is 19.2 Å². The van der Waals surface area contributed by atoms with E-state index < -0.39 is 11.6 Å². The van der Waals surface area contributed by atoms with Crippen molar-refractivity contribution >= 4 is 23.8 Å². The average Bonchev–Trinajstić information content (AvgIpc) is 2.97. The van der Waals surface area contributed by atoms with E-state index in [1.165, 1.54) is 19.3 Å². The molecule has 0 aromatic rings. The molecule has 0 aromatic heterocycles. The third kappa shape index (κ3) is 4.79. The van der Waals surface area contributed by atoms with E-state index in [0.29, 0.717) is 63.2 Å². The molecule has 4 fully saturated rings. The Morgan fingerprint density at radius 3 is 2.06 bits per heavy atom. The van der Waals surface area contributed by atoms with Gasteiger partial charge in [-0.1, -0.05) is 33.1 Å². The van der Waals surface area contributed by atoms with Crippen LogP contribution in [-0.2, 0) is 14.4 Å². The molecule has 2 aliphatic heterocycles. The number of rotatable bonds is 4. The van der Waals surface area contributed by atoms with E-state index in [2.05, 4.69) is 19.2 Å². The highest BCUT2D eigenvalue weighted by Gasteiger charge is 2.54. The van der Waals surface area contributed by atoms with Gasteiger partial charge in [-0.3, -0.25) is 19.3 Å². The van der Waals surface area contributed by atoms with Crippen molar-refractivity contribution in [2.75, 3.05) is 32.7 Å². The monoisotopic (exact) mass is 446 g/mol. The van der Waals surface area contributed by atoms with Crippen LogP contribution in [0, 0.1) is 17.8 Å². The molecule has 2 saturated carbocycles. The zero-order chi connectivity index (χ0) is 22.9. The van der Waals surface area contributed by atoms with Crippen LogP contribution in [0.3, 0.4) is 0 Å². The minimum atomic E-state index is -0.849. The Bertz CT molecular complexity index is 745. The van der Waals surface area contributed by atoms with Crippen LogP contribution in [0.15, 0.2) is 0 Å². The Kier molecular flexibility index (Phi) is 6.77. The van der Waals surface area contributed by atoms with Crippen LogP contribution in [0.5, 0.6) is 0 Å². The molecule has 0 radical (unpaired) electrons. The van der Waals surface area contributed by atoms with Gasteiger partial charge in [0.2, 0.25) is 11.8 Å². The highest BCUT2D eigenvalue weighted by Crippen LogP contribution is 2.39. The molecule has 2 atom stereocenters. The summed E-state index contributed by atoms with van der Waals surface area (Å²) in [6.07, 6.45) is 8.96. The summed E-state index contributed by atoms with van der Waals surface area (Å²) in [4.78, 5) is 55.9. The predicted molar refractivity (Wildman–Crippen MR) is 120 cm³/mol. The number of imide groups is 1. The summed E-state index contributed by atoms with van der Waals surface area (Å²) >= 11 is 0. The van der Waals surface area contributed by atoms with Gasteiger partial charge in [-0.05, 0) is 49.9 Å². The van der Waals surface area contributed by atoms with E-state index >= 15 is 0 Å². The van der Waals surface area contributed by atoms with E-state index in [9.17, 15) is 19.2 Å². The van der Waals surface area contributed by atoms with Crippen LogP contribution in [-0.4, -0.2) is 76.7 Å². The first-order valence-corrected chi connectivity index (χ1v) is 12.5. The first-order valence-electron chi connectivity index (χ1n) is 12.5. The van der Waals surface area contributed by atoms with Gasteiger partial charge in [-0.15, -0.1) is 0 Å². The van der Waals surface area contributed by atoms with Crippen molar-refractivity contribution in [2.24, 2.45) is 17.8 Å². The maximum Gasteiger partial charge on any atom is 0.325 e. The molecule has 5 amide bonds. The van der Waals surface area contributed by atoms with Gasteiger partial charge in [0.1, 0.15) is 12.1 Å². The Hall–Kier alpha value is -2.12. The summed E-state index contributed by atoms with van der Waals surface area (Å²) in [6.45, 7) is 5.97. The maximum absolute atomic E-state index is 13.2. The summed E-state index contributed by atoms with van der Waals surface area (Å²) in [5.74, 6) is 0.946. The molecule has 1 spiro atoms. The molecule has 8 nitrogen and oxygen atoms in total. The standard InChI is InChI=1S/C24H38N4O4/c1-17-12-18(2)15-24(14-17)22(31)28(23(32)25-24)16-21(30)27-10-8-26(9-11-27)20(29)13-19-6-4-3-5-7-19/h17-19H,3-16H2,1-2H3,(H,25,32)/t17-,18-/m0/s1. The predicted octanol–water partition coefficient (Wildman–Crippen LogP) is 2.37. The minimum absolute atomic E-state index is 0.195. The second-order valence-electron chi connectivity index (χ2n) is 10.7. The third-order valence-electron chi connectivity index (χ3n) is 7.91. The number of piperazine rings is 1. The zero-order valence-corrected chi connectivity index (χ0v) is 19.6. The number of nitrogens with zero attached hydrogens (tertiary/aromatic N) is 3. The molecule has 2 heterocycles. The quantitative estimate of drug-likeness (QED) is 0.672. The van der Waals surface area contributed by atoms with E-state index in [1.54, 1.807) is 4.90 Å². The van der Waals surface area contributed by atoms with Crippen LogP contribution in [0.2, 0.25) is 0 Å². The zero-order valence-electron chi connectivity index (χ0n) is 19.6. The number of nitrogens with one attached hydrogen (secondary N) is 1. The number of hydrogen-bond acceptors (Lipinski definition) is 4. The Labute approximate surface area is 191 Å². The SMILES string of the molecule is C[C@H]1C[C@H](C)CC2(C1)NC(=O)N(CC(=O)N1CCN(C(=O)CC3CCCCC3)CC1)C2=O. The van der Waals surface area contributed by atoms with Gasteiger partial charge in [0.25, 0.3) is 5.91 Å². The van der Waals surface area contributed by atoms with Crippen molar-refractivity contribution in [3.05, 3.63) is 0 Å². The molecule has 4 rings (SSSR count). The van der Waals surface area contributed by atoms with E-state index in [4.69, 9.17) is 0 Å². The molecule has 4 aliphatic rings. The summed E-state index contributed by atoms with van der Waals surface area (Å²) in [5, 5.41) is 2.91. The van der Waals surface area contributed by atoms with Crippen LogP contribution in [0.25, 0.3) is 0 Å². The fourth-order valence-electron chi connectivity index (χ4n) is 6.43. The van der Waals surface area contributed by atoms with E-state index in [1.807, 2.05) is 4.90 Å². The van der Waals surface area contributed by atoms with Gasteiger partial charge in [-0.25, -0.2) is 4.79 Å². The number of carbonyl (C=O) groups excluding carboxylic acids is 4. The summed E-state index contributed by atoms with van der Waals surface area (Å²) in [7, 11) is 0. The van der Waals surface area contributed by atoms with Crippen LogP contribution in [0.4, 0.5) is 4.79 Å². The summed E-state index contributed by atoms with van der Waals surface area (Å²) < 4.78 is 0. The van der Waals surface area contributed by atoms with Crippen LogP contribution >= 0.6 is 0 Å². The van der Waals surface area contributed by atoms with Gasteiger partial charge in [0, 0.05) is 32.6 Å². The Morgan fingerprint density at radius 1 is 0.906 bits per heavy atom. The normalized spacial score (nSPS) is 31.9. The molecule has 8 heteroatoms. The van der Waals surface area contributed by atoms with Crippen molar-refractivity contribution in [1.29, 1.82) is 0 Å². The van der Waals surface area contributed by atoms with E-state index in [0.717, 1.165) is 24.2 Å². The molecular weight excluding hydrogens is 408 g/mol. The Morgan fingerprint density at radius 2 is 1.47 bits per heavy atom. The molecule has 2 saturated heterocycles. The lowest BCUT2D eigenvalue weighted by Gasteiger charge is -2.38. The lowest BCUT2D eigenvalue weighted by Crippen LogP contribution is -2.54.